The molecule has 0 aliphatic heterocycles. The highest BCUT2D eigenvalue weighted by molar-refractivity contribution is 9.10. The van der Waals surface area contributed by atoms with Crippen LogP contribution < -0.4 is 9.47 Å². The van der Waals surface area contributed by atoms with Crippen LogP contribution in [0, 0.1) is 0 Å². The third-order valence-electron chi connectivity index (χ3n) is 3.26. The molecule has 0 radical (unpaired) electrons. The summed E-state index contributed by atoms with van der Waals surface area (Å²) in [5, 5.41) is 4.70. The molecule has 96 valence electrons. The van der Waals surface area contributed by atoms with Crippen molar-refractivity contribution in [3.8, 4) is 11.5 Å². The van der Waals surface area contributed by atoms with Crippen molar-refractivity contribution >= 4 is 37.5 Å². The minimum atomic E-state index is 0.754. The molecule has 0 saturated carbocycles. The van der Waals surface area contributed by atoms with Crippen LogP contribution in [0.25, 0.3) is 21.5 Å². The largest absolute Gasteiger partial charge is 0.493 e. The van der Waals surface area contributed by atoms with Crippen LogP contribution in [0.2, 0.25) is 0 Å². The van der Waals surface area contributed by atoms with Crippen LogP contribution in [0.4, 0.5) is 0 Å². The molecule has 3 aromatic carbocycles. The van der Waals surface area contributed by atoms with Gasteiger partial charge in [-0.2, -0.15) is 0 Å². The SMILES string of the molecule is COc1cc2cc3ccc(Br)cc3cc2cc1OC. The molecule has 2 nitrogen and oxygen atoms in total. The smallest absolute Gasteiger partial charge is 0.161 e. The van der Waals surface area contributed by atoms with Gasteiger partial charge in [-0.25, -0.2) is 0 Å². The monoisotopic (exact) mass is 316 g/mol. The fourth-order valence-electron chi connectivity index (χ4n) is 2.30. The third-order valence-corrected chi connectivity index (χ3v) is 3.75. The van der Waals surface area contributed by atoms with Gasteiger partial charge < -0.3 is 9.47 Å². The van der Waals surface area contributed by atoms with Crippen molar-refractivity contribution < 1.29 is 9.47 Å². The topological polar surface area (TPSA) is 18.5 Å². The third kappa shape index (κ3) is 2.15. The van der Waals surface area contributed by atoms with Crippen LogP contribution in [0.1, 0.15) is 0 Å². The molecule has 0 unspecified atom stereocenters. The summed E-state index contributed by atoms with van der Waals surface area (Å²) in [4.78, 5) is 0. The molecule has 0 fully saturated rings. The minimum absolute atomic E-state index is 0.754. The van der Waals surface area contributed by atoms with Crippen molar-refractivity contribution in [2.24, 2.45) is 0 Å². The highest BCUT2D eigenvalue weighted by Crippen LogP contribution is 2.34. The van der Waals surface area contributed by atoms with Gasteiger partial charge in [0.25, 0.3) is 0 Å². The molecule has 0 N–H and O–H groups in total. The van der Waals surface area contributed by atoms with Gasteiger partial charge >= 0.3 is 0 Å². The van der Waals surface area contributed by atoms with Gasteiger partial charge in [-0.1, -0.05) is 22.0 Å². The number of fused-ring (bicyclic) bond motifs is 2. The summed E-state index contributed by atoms with van der Waals surface area (Å²) in [7, 11) is 3.31. The average molecular weight is 317 g/mol. The Morgan fingerprint density at radius 1 is 0.684 bits per heavy atom. The lowest BCUT2D eigenvalue weighted by atomic mass is 10.0. The van der Waals surface area contributed by atoms with Gasteiger partial charge in [0, 0.05) is 4.47 Å². The second-order valence-corrected chi connectivity index (χ2v) is 5.31. The molecule has 0 aliphatic carbocycles. The number of hydrogen-bond donors (Lipinski definition) is 0. The summed E-state index contributed by atoms with van der Waals surface area (Å²) in [5.74, 6) is 1.51. The maximum Gasteiger partial charge on any atom is 0.161 e. The Kier molecular flexibility index (Phi) is 3.07. The zero-order valence-electron chi connectivity index (χ0n) is 10.7. The predicted molar refractivity (Wildman–Crippen MR) is 82.3 cm³/mol. The Labute approximate surface area is 120 Å². The number of benzene rings is 3. The van der Waals surface area contributed by atoms with Crippen molar-refractivity contribution in [3.05, 3.63) is 46.9 Å². The van der Waals surface area contributed by atoms with Crippen molar-refractivity contribution in [3.63, 3.8) is 0 Å². The lowest BCUT2D eigenvalue weighted by molar-refractivity contribution is 0.356. The molecule has 0 aromatic heterocycles. The first-order valence-corrected chi connectivity index (χ1v) is 6.75. The van der Waals surface area contributed by atoms with Gasteiger partial charge in [0.05, 0.1) is 14.2 Å². The molecule has 0 spiro atoms. The molecular formula is C16H13BrO2. The molecular weight excluding hydrogens is 304 g/mol. The van der Waals surface area contributed by atoms with Gasteiger partial charge in [0.15, 0.2) is 11.5 Å². The second-order valence-electron chi connectivity index (χ2n) is 4.40. The Morgan fingerprint density at radius 3 is 1.79 bits per heavy atom. The Hall–Kier alpha value is -1.74. The van der Waals surface area contributed by atoms with E-state index in [2.05, 4.69) is 46.3 Å². The van der Waals surface area contributed by atoms with Crippen LogP contribution in [0.5, 0.6) is 11.5 Å². The Balaban J connectivity index is 2.34. The number of rotatable bonds is 2. The van der Waals surface area contributed by atoms with Crippen LogP contribution in [0.3, 0.4) is 0 Å². The summed E-state index contributed by atoms with van der Waals surface area (Å²) < 4.78 is 11.8. The van der Waals surface area contributed by atoms with Crippen molar-refractivity contribution in [2.75, 3.05) is 14.2 Å². The first-order valence-electron chi connectivity index (χ1n) is 5.96. The maximum atomic E-state index is 5.35. The Bertz CT molecular complexity index is 765. The van der Waals surface area contributed by atoms with E-state index in [0.29, 0.717) is 0 Å². The van der Waals surface area contributed by atoms with E-state index < -0.39 is 0 Å². The second kappa shape index (κ2) is 4.74. The summed E-state index contributed by atoms with van der Waals surface area (Å²) >= 11 is 3.50. The fraction of sp³-hybridized carbons (Fsp3) is 0.125. The molecule has 0 amide bonds. The van der Waals surface area contributed by atoms with Crippen molar-refractivity contribution in [1.29, 1.82) is 0 Å². The number of ether oxygens (including phenoxy) is 2. The van der Waals surface area contributed by atoms with Crippen LogP contribution >= 0.6 is 15.9 Å². The summed E-state index contributed by atoms with van der Waals surface area (Å²) in [6.07, 6.45) is 0. The lowest BCUT2D eigenvalue weighted by Crippen LogP contribution is -1.90. The first kappa shape index (κ1) is 12.3. The lowest BCUT2D eigenvalue weighted by Gasteiger charge is -2.10. The van der Waals surface area contributed by atoms with Gasteiger partial charge in [-0.3, -0.25) is 0 Å². The van der Waals surface area contributed by atoms with E-state index in [1.165, 1.54) is 10.8 Å². The summed E-state index contributed by atoms with van der Waals surface area (Å²) in [6, 6.07) is 14.6. The quantitative estimate of drug-likeness (QED) is 0.634. The number of hydrogen-bond acceptors (Lipinski definition) is 2. The molecule has 3 heteroatoms. The summed E-state index contributed by atoms with van der Waals surface area (Å²) in [6.45, 7) is 0. The van der Waals surface area contributed by atoms with Gasteiger partial charge in [0.2, 0.25) is 0 Å². The maximum absolute atomic E-state index is 5.35. The van der Waals surface area contributed by atoms with Gasteiger partial charge in [-0.15, -0.1) is 0 Å². The van der Waals surface area contributed by atoms with E-state index in [9.17, 15) is 0 Å². The number of halogens is 1. The Morgan fingerprint density at radius 2 is 1.21 bits per heavy atom. The minimum Gasteiger partial charge on any atom is -0.493 e. The van der Waals surface area contributed by atoms with E-state index in [1.54, 1.807) is 14.2 Å². The van der Waals surface area contributed by atoms with Gasteiger partial charge in [0.1, 0.15) is 0 Å². The standard InChI is InChI=1S/C16H13BrO2/c1-18-15-8-12-5-10-3-4-14(17)7-11(10)6-13(12)9-16(15)19-2/h3-9H,1-2H3. The highest BCUT2D eigenvalue weighted by Gasteiger charge is 2.07. The molecule has 19 heavy (non-hydrogen) atoms. The van der Waals surface area contributed by atoms with Gasteiger partial charge in [-0.05, 0) is 57.9 Å². The van der Waals surface area contributed by atoms with Crippen molar-refractivity contribution in [2.45, 2.75) is 0 Å². The average Bonchev–Trinajstić information content (AvgIpc) is 2.43. The molecule has 0 saturated heterocycles. The van der Waals surface area contributed by atoms with Crippen LogP contribution in [0.15, 0.2) is 46.9 Å². The number of methoxy groups -OCH3 is 2. The normalized spacial score (nSPS) is 10.9. The molecule has 0 heterocycles. The van der Waals surface area contributed by atoms with E-state index in [4.69, 9.17) is 9.47 Å². The van der Waals surface area contributed by atoms with Crippen LogP contribution in [-0.4, -0.2) is 14.2 Å². The molecule has 0 aliphatic rings. The van der Waals surface area contributed by atoms with E-state index >= 15 is 0 Å². The van der Waals surface area contributed by atoms with Crippen molar-refractivity contribution in [1.82, 2.24) is 0 Å². The first-order chi connectivity index (χ1) is 9.21. The van der Waals surface area contributed by atoms with Crippen LogP contribution in [-0.2, 0) is 0 Å². The fourth-order valence-corrected chi connectivity index (χ4v) is 2.68. The van der Waals surface area contributed by atoms with E-state index in [-0.39, 0.29) is 0 Å². The zero-order chi connectivity index (χ0) is 13.4. The molecule has 0 atom stereocenters. The molecule has 3 rings (SSSR count). The highest BCUT2D eigenvalue weighted by atomic mass is 79.9. The molecule has 3 aromatic rings. The zero-order valence-corrected chi connectivity index (χ0v) is 12.3. The summed E-state index contributed by atoms with van der Waals surface area (Å²) in [5.41, 5.74) is 0. The molecule has 0 bridgehead atoms. The van der Waals surface area contributed by atoms with E-state index in [0.717, 1.165) is 26.7 Å². The van der Waals surface area contributed by atoms with E-state index in [1.807, 2.05) is 12.1 Å². The predicted octanol–water partition coefficient (Wildman–Crippen LogP) is 4.77.